The molecule has 4 rings (SSSR count). The number of nitrogens with zero attached hydrogens (tertiary/aromatic N) is 4. The number of hydrogen-bond donors (Lipinski definition) is 2. The second-order valence-electron chi connectivity index (χ2n) is 6.81. The molecule has 9 heteroatoms. The van der Waals surface area contributed by atoms with Crippen LogP contribution in [-0.2, 0) is 11.3 Å². The van der Waals surface area contributed by atoms with E-state index >= 15 is 0 Å². The number of nitro groups is 1. The van der Waals surface area contributed by atoms with Crippen molar-refractivity contribution in [3.8, 4) is 0 Å². The van der Waals surface area contributed by atoms with Crippen molar-refractivity contribution in [2.75, 3.05) is 41.8 Å². The highest BCUT2D eigenvalue weighted by atomic mass is 16.6. The zero-order chi connectivity index (χ0) is 20.8. The lowest BCUT2D eigenvalue weighted by molar-refractivity contribution is -0.384. The smallest absolute Gasteiger partial charge is 0.311 e. The standard InChI is InChI=1S/C21H22N6O3/c28-27(29)19-7-8-20(23-15-16-2-1-9-22-14-16)25-21(19)24-17-3-5-18(6-4-17)26-10-12-30-13-11-26/h1-9,14H,10-13,15H2,(H2,23,24,25). The van der Waals surface area contributed by atoms with Gasteiger partial charge < -0.3 is 20.3 Å². The van der Waals surface area contributed by atoms with E-state index in [2.05, 4.69) is 25.5 Å². The van der Waals surface area contributed by atoms with Crippen LogP contribution in [0.4, 0.5) is 28.7 Å². The molecular weight excluding hydrogens is 384 g/mol. The van der Waals surface area contributed by atoms with Crippen molar-refractivity contribution in [3.63, 3.8) is 0 Å². The Kier molecular flexibility index (Phi) is 6.00. The van der Waals surface area contributed by atoms with Gasteiger partial charge in [0.05, 0.1) is 18.1 Å². The summed E-state index contributed by atoms with van der Waals surface area (Å²) in [6.07, 6.45) is 3.47. The third-order valence-electron chi connectivity index (χ3n) is 4.77. The minimum absolute atomic E-state index is 0.0841. The molecule has 1 saturated heterocycles. The van der Waals surface area contributed by atoms with Gasteiger partial charge in [-0.15, -0.1) is 0 Å². The topological polar surface area (TPSA) is 105 Å². The maximum absolute atomic E-state index is 11.4. The molecule has 2 N–H and O–H groups in total. The van der Waals surface area contributed by atoms with Gasteiger partial charge in [-0.25, -0.2) is 4.98 Å². The average Bonchev–Trinajstić information content (AvgIpc) is 2.79. The van der Waals surface area contributed by atoms with Gasteiger partial charge in [-0.2, -0.15) is 0 Å². The Morgan fingerprint density at radius 3 is 2.60 bits per heavy atom. The number of aromatic nitrogens is 2. The first-order chi connectivity index (χ1) is 14.7. The largest absolute Gasteiger partial charge is 0.378 e. The molecule has 154 valence electrons. The average molecular weight is 406 g/mol. The molecule has 0 aliphatic carbocycles. The Balaban J connectivity index is 1.49. The first-order valence-corrected chi connectivity index (χ1v) is 9.67. The number of benzene rings is 1. The van der Waals surface area contributed by atoms with E-state index in [1.54, 1.807) is 18.5 Å². The molecule has 0 unspecified atom stereocenters. The van der Waals surface area contributed by atoms with Gasteiger partial charge in [0.2, 0.25) is 5.82 Å². The SMILES string of the molecule is O=[N+]([O-])c1ccc(NCc2cccnc2)nc1Nc1ccc(N2CCOCC2)cc1. The summed E-state index contributed by atoms with van der Waals surface area (Å²) in [5.74, 6) is 0.729. The second-order valence-corrected chi connectivity index (χ2v) is 6.81. The van der Waals surface area contributed by atoms with Crippen molar-refractivity contribution in [3.05, 3.63) is 76.6 Å². The molecule has 0 spiro atoms. The molecule has 3 aromatic rings. The second kappa shape index (κ2) is 9.19. The highest BCUT2D eigenvalue weighted by Crippen LogP contribution is 2.28. The maximum atomic E-state index is 11.4. The molecule has 0 atom stereocenters. The van der Waals surface area contributed by atoms with E-state index in [-0.39, 0.29) is 11.5 Å². The highest BCUT2D eigenvalue weighted by Gasteiger charge is 2.17. The van der Waals surface area contributed by atoms with Crippen LogP contribution in [0.3, 0.4) is 0 Å². The fourth-order valence-corrected chi connectivity index (χ4v) is 3.20. The van der Waals surface area contributed by atoms with E-state index in [0.29, 0.717) is 12.4 Å². The van der Waals surface area contributed by atoms with Crippen LogP contribution in [0.2, 0.25) is 0 Å². The highest BCUT2D eigenvalue weighted by molar-refractivity contribution is 5.69. The van der Waals surface area contributed by atoms with Crippen molar-refractivity contribution in [2.24, 2.45) is 0 Å². The predicted octanol–water partition coefficient (Wildman–Crippen LogP) is 3.58. The monoisotopic (exact) mass is 406 g/mol. The van der Waals surface area contributed by atoms with Gasteiger partial charge in [0, 0.05) is 49.5 Å². The molecule has 1 aliphatic rings. The first kappa shape index (κ1) is 19.6. The quantitative estimate of drug-likeness (QED) is 0.453. The van der Waals surface area contributed by atoms with Crippen LogP contribution in [0, 0.1) is 10.1 Å². The van der Waals surface area contributed by atoms with Crippen molar-refractivity contribution in [1.29, 1.82) is 0 Å². The molecule has 1 fully saturated rings. The van der Waals surface area contributed by atoms with E-state index in [4.69, 9.17) is 4.74 Å². The summed E-state index contributed by atoms with van der Waals surface area (Å²) >= 11 is 0. The predicted molar refractivity (Wildman–Crippen MR) is 115 cm³/mol. The van der Waals surface area contributed by atoms with Gasteiger partial charge in [-0.1, -0.05) is 6.07 Å². The lowest BCUT2D eigenvalue weighted by Gasteiger charge is -2.28. The number of pyridine rings is 2. The molecule has 0 bridgehead atoms. The lowest BCUT2D eigenvalue weighted by Crippen LogP contribution is -2.36. The van der Waals surface area contributed by atoms with Crippen LogP contribution >= 0.6 is 0 Å². The number of rotatable bonds is 7. The van der Waals surface area contributed by atoms with E-state index in [0.717, 1.165) is 43.2 Å². The maximum Gasteiger partial charge on any atom is 0.311 e. The van der Waals surface area contributed by atoms with Gasteiger partial charge in [-0.3, -0.25) is 15.1 Å². The Morgan fingerprint density at radius 1 is 1.10 bits per heavy atom. The third kappa shape index (κ3) is 4.81. The zero-order valence-electron chi connectivity index (χ0n) is 16.3. The molecule has 30 heavy (non-hydrogen) atoms. The number of morpholine rings is 1. The fourth-order valence-electron chi connectivity index (χ4n) is 3.20. The summed E-state index contributed by atoms with van der Waals surface area (Å²) in [5, 5.41) is 17.7. The van der Waals surface area contributed by atoms with Gasteiger partial charge in [0.15, 0.2) is 0 Å². The molecule has 0 radical (unpaired) electrons. The van der Waals surface area contributed by atoms with E-state index < -0.39 is 4.92 Å². The molecule has 1 aliphatic heterocycles. The molecule has 3 heterocycles. The fraction of sp³-hybridized carbons (Fsp3) is 0.238. The van der Waals surface area contributed by atoms with Gasteiger partial charge in [0.1, 0.15) is 5.82 Å². The number of nitrogens with one attached hydrogen (secondary N) is 2. The summed E-state index contributed by atoms with van der Waals surface area (Å²) in [7, 11) is 0. The number of anilines is 4. The molecule has 0 saturated carbocycles. The molecule has 9 nitrogen and oxygen atoms in total. The summed E-state index contributed by atoms with van der Waals surface area (Å²) in [6, 6.07) is 14.6. The lowest BCUT2D eigenvalue weighted by atomic mass is 10.2. The Hall–Kier alpha value is -3.72. The van der Waals surface area contributed by atoms with Crippen LogP contribution in [0.5, 0.6) is 0 Å². The van der Waals surface area contributed by atoms with Crippen LogP contribution < -0.4 is 15.5 Å². The molecule has 0 amide bonds. The number of hydrogen-bond acceptors (Lipinski definition) is 8. The Bertz CT molecular complexity index is 991. The van der Waals surface area contributed by atoms with Gasteiger partial charge >= 0.3 is 5.69 Å². The molecular formula is C21H22N6O3. The normalized spacial score (nSPS) is 13.7. The summed E-state index contributed by atoms with van der Waals surface area (Å²) in [4.78, 5) is 21.7. The van der Waals surface area contributed by atoms with Crippen LogP contribution in [0.1, 0.15) is 5.56 Å². The third-order valence-corrected chi connectivity index (χ3v) is 4.77. The van der Waals surface area contributed by atoms with E-state index in [1.807, 2.05) is 36.4 Å². The Morgan fingerprint density at radius 2 is 1.90 bits per heavy atom. The van der Waals surface area contributed by atoms with Crippen molar-refractivity contribution in [1.82, 2.24) is 9.97 Å². The summed E-state index contributed by atoms with van der Waals surface area (Å²) in [6.45, 7) is 3.66. The van der Waals surface area contributed by atoms with Crippen LogP contribution in [0.15, 0.2) is 60.9 Å². The minimum atomic E-state index is -0.442. The van der Waals surface area contributed by atoms with Gasteiger partial charge in [0.25, 0.3) is 0 Å². The summed E-state index contributed by atoms with van der Waals surface area (Å²) in [5.41, 5.74) is 2.73. The van der Waals surface area contributed by atoms with E-state index in [1.165, 1.54) is 6.07 Å². The van der Waals surface area contributed by atoms with Crippen LogP contribution in [-0.4, -0.2) is 41.2 Å². The minimum Gasteiger partial charge on any atom is -0.378 e. The first-order valence-electron chi connectivity index (χ1n) is 9.67. The van der Waals surface area contributed by atoms with Crippen molar-refractivity contribution < 1.29 is 9.66 Å². The summed E-state index contributed by atoms with van der Waals surface area (Å²) < 4.78 is 5.38. The van der Waals surface area contributed by atoms with Gasteiger partial charge in [-0.05, 0) is 42.0 Å². The van der Waals surface area contributed by atoms with E-state index in [9.17, 15) is 10.1 Å². The zero-order valence-corrected chi connectivity index (χ0v) is 16.3. The van der Waals surface area contributed by atoms with Crippen molar-refractivity contribution in [2.45, 2.75) is 6.54 Å². The molecule has 1 aromatic carbocycles. The Labute approximate surface area is 173 Å². The van der Waals surface area contributed by atoms with Crippen molar-refractivity contribution >= 4 is 28.7 Å². The molecule has 2 aromatic heterocycles. The number of ether oxygens (including phenoxy) is 1. The van der Waals surface area contributed by atoms with Crippen LogP contribution in [0.25, 0.3) is 0 Å².